The summed E-state index contributed by atoms with van der Waals surface area (Å²) in [4.78, 5) is 21.9. The third kappa shape index (κ3) is 9.21. The number of hydrogen-bond acceptors (Lipinski definition) is 3. The standard InChI is InChI=1S/C10H21N3O2/c1-7(6-8(11)14)13-9(15)4-5-10(2,3)12/h7H,4-6,12H2,1-3H3,(H2,11,14)(H,13,15). The molecule has 88 valence electrons. The summed E-state index contributed by atoms with van der Waals surface area (Å²) in [5, 5.41) is 2.69. The third-order valence-electron chi connectivity index (χ3n) is 1.91. The molecule has 0 saturated heterocycles. The van der Waals surface area contributed by atoms with Gasteiger partial charge >= 0.3 is 0 Å². The lowest BCUT2D eigenvalue weighted by atomic mass is 10.00. The van der Waals surface area contributed by atoms with Crippen LogP contribution in [0.2, 0.25) is 0 Å². The first-order valence-electron chi connectivity index (χ1n) is 5.07. The van der Waals surface area contributed by atoms with Crippen LogP contribution >= 0.6 is 0 Å². The van der Waals surface area contributed by atoms with Crippen molar-refractivity contribution in [2.45, 2.75) is 51.6 Å². The van der Waals surface area contributed by atoms with Crippen LogP contribution in [0.25, 0.3) is 0 Å². The van der Waals surface area contributed by atoms with Crippen LogP contribution in [0.3, 0.4) is 0 Å². The summed E-state index contributed by atoms with van der Waals surface area (Å²) in [7, 11) is 0. The largest absolute Gasteiger partial charge is 0.370 e. The molecule has 1 atom stereocenters. The molecule has 0 spiro atoms. The van der Waals surface area contributed by atoms with Crippen molar-refractivity contribution in [1.82, 2.24) is 5.32 Å². The van der Waals surface area contributed by atoms with Gasteiger partial charge in [-0.2, -0.15) is 0 Å². The third-order valence-corrected chi connectivity index (χ3v) is 1.91. The van der Waals surface area contributed by atoms with Crippen LogP contribution in [0, 0.1) is 0 Å². The first-order chi connectivity index (χ1) is 6.70. The average molecular weight is 215 g/mol. The maximum Gasteiger partial charge on any atom is 0.220 e. The van der Waals surface area contributed by atoms with E-state index in [1.807, 2.05) is 13.8 Å². The Balaban J connectivity index is 3.79. The lowest BCUT2D eigenvalue weighted by Gasteiger charge is -2.18. The van der Waals surface area contributed by atoms with Gasteiger partial charge in [-0.05, 0) is 27.2 Å². The summed E-state index contributed by atoms with van der Waals surface area (Å²) in [5.74, 6) is -0.510. The number of nitrogens with two attached hydrogens (primary N) is 2. The van der Waals surface area contributed by atoms with E-state index in [0.29, 0.717) is 12.8 Å². The zero-order valence-corrected chi connectivity index (χ0v) is 9.67. The summed E-state index contributed by atoms with van der Waals surface area (Å²) in [6.07, 6.45) is 1.15. The minimum Gasteiger partial charge on any atom is -0.370 e. The number of amides is 2. The average Bonchev–Trinajstić information content (AvgIpc) is 1.97. The minimum absolute atomic E-state index is 0.0951. The van der Waals surface area contributed by atoms with Gasteiger partial charge in [0.1, 0.15) is 0 Å². The first-order valence-corrected chi connectivity index (χ1v) is 5.07. The number of carbonyl (C=O) groups is 2. The fourth-order valence-corrected chi connectivity index (χ4v) is 1.14. The fraction of sp³-hybridized carbons (Fsp3) is 0.800. The zero-order chi connectivity index (χ0) is 12.1. The number of nitrogens with one attached hydrogen (secondary N) is 1. The lowest BCUT2D eigenvalue weighted by molar-refractivity contribution is -0.122. The number of carbonyl (C=O) groups excluding carboxylic acids is 2. The van der Waals surface area contributed by atoms with Crippen LogP contribution in [0.1, 0.15) is 40.0 Å². The number of hydrogen-bond donors (Lipinski definition) is 3. The van der Waals surface area contributed by atoms with Crippen LogP contribution in [-0.2, 0) is 9.59 Å². The van der Waals surface area contributed by atoms with Crippen LogP contribution in [0.4, 0.5) is 0 Å². The summed E-state index contributed by atoms with van der Waals surface area (Å²) in [6, 6.07) is -0.212. The van der Waals surface area contributed by atoms with Gasteiger partial charge in [0, 0.05) is 24.4 Å². The van der Waals surface area contributed by atoms with Crippen molar-refractivity contribution in [1.29, 1.82) is 0 Å². The Bertz CT molecular complexity index is 233. The van der Waals surface area contributed by atoms with Crippen LogP contribution in [-0.4, -0.2) is 23.4 Å². The maximum atomic E-state index is 11.4. The first kappa shape index (κ1) is 13.9. The molecular formula is C10H21N3O2. The molecule has 0 heterocycles. The second-order valence-corrected chi connectivity index (χ2v) is 4.63. The van der Waals surface area contributed by atoms with Gasteiger partial charge in [0.15, 0.2) is 0 Å². The van der Waals surface area contributed by atoms with Gasteiger partial charge in [-0.3, -0.25) is 9.59 Å². The highest BCUT2D eigenvalue weighted by atomic mass is 16.2. The van der Waals surface area contributed by atoms with Crippen molar-refractivity contribution < 1.29 is 9.59 Å². The highest BCUT2D eigenvalue weighted by Gasteiger charge is 2.15. The molecule has 0 fully saturated rings. The monoisotopic (exact) mass is 215 g/mol. The van der Waals surface area contributed by atoms with E-state index in [1.54, 1.807) is 6.92 Å². The van der Waals surface area contributed by atoms with Crippen molar-refractivity contribution in [2.75, 3.05) is 0 Å². The Morgan fingerprint density at radius 1 is 1.40 bits per heavy atom. The fourth-order valence-electron chi connectivity index (χ4n) is 1.14. The minimum atomic E-state index is -0.415. The second kappa shape index (κ2) is 5.70. The highest BCUT2D eigenvalue weighted by molar-refractivity contribution is 5.78. The molecular weight excluding hydrogens is 194 g/mol. The van der Waals surface area contributed by atoms with Crippen molar-refractivity contribution in [3.8, 4) is 0 Å². The zero-order valence-electron chi connectivity index (χ0n) is 9.67. The lowest BCUT2D eigenvalue weighted by Crippen LogP contribution is -2.38. The van der Waals surface area contributed by atoms with Crippen LogP contribution in [0.5, 0.6) is 0 Å². The molecule has 2 amide bonds. The maximum absolute atomic E-state index is 11.4. The Hall–Kier alpha value is -1.10. The molecule has 0 radical (unpaired) electrons. The van der Waals surface area contributed by atoms with E-state index < -0.39 is 5.91 Å². The molecule has 0 aliphatic rings. The molecule has 5 heteroatoms. The highest BCUT2D eigenvalue weighted by Crippen LogP contribution is 2.06. The molecule has 0 aliphatic carbocycles. The Morgan fingerprint density at radius 2 is 1.93 bits per heavy atom. The van der Waals surface area contributed by atoms with Gasteiger partial charge in [0.05, 0.1) is 0 Å². The van der Waals surface area contributed by atoms with Crippen LogP contribution in [0.15, 0.2) is 0 Å². The summed E-state index contributed by atoms with van der Waals surface area (Å²) >= 11 is 0. The molecule has 0 aromatic rings. The Kier molecular flexibility index (Phi) is 5.28. The molecule has 1 unspecified atom stereocenters. The molecule has 5 nitrogen and oxygen atoms in total. The van der Waals surface area contributed by atoms with E-state index in [4.69, 9.17) is 11.5 Å². The van der Waals surface area contributed by atoms with E-state index in [2.05, 4.69) is 5.32 Å². The van der Waals surface area contributed by atoms with Crippen molar-refractivity contribution >= 4 is 11.8 Å². The Morgan fingerprint density at radius 3 is 2.33 bits per heavy atom. The molecule has 0 saturated carbocycles. The number of rotatable bonds is 6. The Labute approximate surface area is 90.6 Å². The smallest absolute Gasteiger partial charge is 0.220 e. The van der Waals surface area contributed by atoms with E-state index in [1.165, 1.54) is 0 Å². The SMILES string of the molecule is CC(CC(N)=O)NC(=O)CCC(C)(C)N. The van der Waals surface area contributed by atoms with E-state index >= 15 is 0 Å². The van der Waals surface area contributed by atoms with Gasteiger partial charge in [-0.1, -0.05) is 0 Å². The molecule has 0 aromatic heterocycles. The van der Waals surface area contributed by atoms with Crippen LogP contribution < -0.4 is 16.8 Å². The van der Waals surface area contributed by atoms with E-state index in [0.717, 1.165) is 0 Å². The topological polar surface area (TPSA) is 98.2 Å². The second-order valence-electron chi connectivity index (χ2n) is 4.63. The molecule has 15 heavy (non-hydrogen) atoms. The van der Waals surface area contributed by atoms with E-state index in [9.17, 15) is 9.59 Å². The normalized spacial score (nSPS) is 13.3. The van der Waals surface area contributed by atoms with Gasteiger partial charge in [-0.25, -0.2) is 0 Å². The predicted molar refractivity (Wildman–Crippen MR) is 58.9 cm³/mol. The number of primary amides is 1. The summed E-state index contributed by atoms with van der Waals surface area (Å²) < 4.78 is 0. The molecule has 0 aliphatic heterocycles. The molecule has 0 aromatic carbocycles. The quantitative estimate of drug-likeness (QED) is 0.576. The predicted octanol–water partition coefficient (Wildman–Crippen LogP) is -0.116. The molecule has 0 rings (SSSR count). The van der Waals surface area contributed by atoms with Gasteiger partial charge in [0.25, 0.3) is 0 Å². The van der Waals surface area contributed by atoms with Crippen molar-refractivity contribution in [3.63, 3.8) is 0 Å². The molecule has 0 bridgehead atoms. The van der Waals surface area contributed by atoms with Gasteiger partial charge < -0.3 is 16.8 Å². The summed E-state index contributed by atoms with van der Waals surface area (Å²) in [5.41, 5.74) is 10.4. The van der Waals surface area contributed by atoms with Gasteiger partial charge in [0.2, 0.25) is 11.8 Å². The molecule has 5 N–H and O–H groups in total. The summed E-state index contributed by atoms with van der Waals surface area (Å²) in [6.45, 7) is 5.48. The van der Waals surface area contributed by atoms with Gasteiger partial charge in [-0.15, -0.1) is 0 Å². The van der Waals surface area contributed by atoms with E-state index in [-0.39, 0.29) is 23.9 Å². The van der Waals surface area contributed by atoms with Crippen molar-refractivity contribution in [3.05, 3.63) is 0 Å². The van der Waals surface area contributed by atoms with Crippen molar-refractivity contribution in [2.24, 2.45) is 11.5 Å².